The summed E-state index contributed by atoms with van der Waals surface area (Å²) in [5, 5.41) is 1.47. The number of halogens is 1. The summed E-state index contributed by atoms with van der Waals surface area (Å²) < 4.78 is 5.62. The van der Waals surface area contributed by atoms with Gasteiger partial charge in [0.15, 0.2) is 17.1 Å². The van der Waals surface area contributed by atoms with Crippen LogP contribution >= 0.6 is 11.6 Å². The van der Waals surface area contributed by atoms with Crippen LogP contribution in [0.3, 0.4) is 0 Å². The molecule has 2 aromatic rings. The lowest BCUT2D eigenvalue weighted by atomic mass is 9.85. The molecule has 1 saturated carbocycles. The second-order valence-corrected chi connectivity index (χ2v) is 6.14. The molecule has 1 aliphatic rings. The molecule has 0 spiro atoms. The fraction of sp³-hybridized carbons (Fsp3) is 0.471. The fourth-order valence-corrected chi connectivity index (χ4v) is 3.32. The van der Waals surface area contributed by atoms with Crippen molar-refractivity contribution in [3.8, 4) is 0 Å². The van der Waals surface area contributed by atoms with Crippen LogP contribution in [0.2, 0.25) is 5.02 Å². The van der Waals surface area contributed by atoms with Gasteiger partial charge in [0.2, 0.25) is 0 Å². The Balaban J connectivity index is 1.67. The SMILES string of the molecule is O=C(CCC1CCCCC1)c1cc2cccc(Cl)c2o1. The number of benzene rings is 1. The quantitative estimate of drug-likeness (QED) is 0.683. The number of furan rings is 1. The molecule has 3 heteroatoms. The minimum atomic E-state index is 0.0999. The molecule has 0 N–H and O–H groups in total. The van der Waals surface area contributed by atoms with Crippen molar-refractivity contribution in [3.05, 3.63) is 35.0 Å². The van der Waals surface area contributed by atoms with Crippen LogP contribution in [0.5, 0.6) is 0 Å². The van der Waals surface area contributed by atoms with Crippen LogP contribution in [-0.4, -0.2) is 5.78 Å². The molecule has 0 bridgehead atoms. The summed E-state index contributed by atoms with van der Waals surface area (Å²) in [7, 11) is 0. The molecule has 106 valence electrons. The average molecular weight is 291 g/mol. The third-order valence-electron chi connectivity index (χ3n) is 4.28. The third kappa shape index (κ3) is 2.90. The molecule has 0 atom stereocenters. The van der Waals surface area contributed by atoms with Crippen LogP contribution in [0.25, 0.3) is 11.0 Å². The van der Waals surface area contributed by atoms with Crippen molar-refractivity contribution >= 4 is 28.4 Å². The van der Waals surface area contributed by atoms with Crippen LogP contribution < -0.4 is 0 Å². The topological polar surface area (TPSA) is 30.2 Å². The molecule has 1 heterocycles. The lowest BCUT2D eigenvalue weighted by Crippen LogP contribution is -2.08. The van der Waals surface area contributed by atoms with E-state index in [0.29, 0.717) is 22.8 Å². The highest BCUT2D eigenvalue weighted by molar-refractivity contribution is 6.34. The Morgan fingerprint density at radius 1 is 1.25 bits per heavy atom. The first kappa shape index (κ1) is 13.7. The molecule has 0 radical (unpaired) electrons. The molecule has 3 rings (SSSR count). The van der Waals surface area contributed by atoms with Gasteiger partial charge in [0.25, 0.3) is 0 Å². The molecule has 1 aliphatic carbocycles. The number of fused-ring (bicyclic) bond motifs is 1. The molecule has 0 aliphatic heterocycles. The molecule has 1 fully saturated rings. The lowest BCUT2D eigenvalue weighted by Gasteiger charge is -2.20. The zero-order valence-corrected chi connectivity index (χ0v) is 12.3. The Hall–Kier alpha value is -1.28. The van der Waals surface area contributed by atoms with E-state index in [-0.39, 0.29) is 5.78 Å². The number of hydrogen-bond acceptors (Lipinski definition) is 2. The van der Waals surface area contributed by atoms with Gasteiger partial charge in [-0.1, -0.05) is 55.8 Å². The van der Waals surface area contributed by atoms with Crippen molar-refractivity contribution in [2.75, 3.05) is 0 Å². The Labute approximate surface area is 124 Å². The van der Waals surface area contributed by atoms with E-state index in [9.17, 15) is 4.79 Å². The number of hydrogen-bond donors (Lipinski definition) is 0. The average Bonchev–Trinajstić information content (AvgIpc) is 2.91. The number of carbonyl (C=O) groups is 1. The van der Waals surface area contributed by atoms with Crippen LogP contribution in [0.1, 0.15) is 55.5 Å². The third-order valence-corrected chi connectivity index (χ3v) is 4.57. The van der Waals surface area contributed by atoms with E-state index in [1.54, 1.807) is 6.07 Å². The van der Waals surface area contributed by atoms with Gasteiger partial charge in [-0.3, -0.25) is 4.79 Å². The summed E-state index contributed by atoms with van der Waals surface area (Å²) >= 11 is 6.07. The van der Waals surface area contributed by atoms with E-state index in [0.717, 1.165) is 17.7 Å². The zero-order valence-electron chi connectivity index (χ0n) is 11.5. The standard InChI is InChI=1S/C17H19ClO2/c18-14-8-4-7-13-11-16(20-17(13)14)15(19)10-9-12-5-2-1-3-6-12/h4,7-8,11-12H,1-3,5-6,9-10H2. The second kappa shape index (κ2) is 6.01. The van der Waals surface area contributed by atoms with Gasteiger partial charge in [-0.15, -0.1) is 0 Å². The van der Waals surface area contributed by atoms with Gasteiger partial charge in [0.05, 0.1) is 5.02 Å². The summed E-state index contributed by atoms with van der Waals surface area (Å²) in [6.07, 6.45) is 8.12. The molecule has 20 heavy (non-hydrogen) atoms. The predicted octanol–water partition coefficient (Wildman–Crippen LogP) is 5.63. The van der Waals surface area contributed by atoms with Crippen molar-refractivity contribution in [3.63, 3.8) is 0 Å². The minimum Gasteiger partial charge on any atom is -0.451 e. The molecule has 0 amide bonds. The van der Waals surface area contributed by atoms with Gasteiger partial charge in [-0.25, -0.2) is 0 Å². The molecular weight excluding hydrogens is 272 g/mol. The van der Waals surface area contributed by atoms with E-state index in [1.807, 2.05) is 18.2 Å². The van der Waals surface area contributed by atoms with Crippen molar-refractivity contribution < 1.29 is 9.21 Å². The smallest absolute Gasteiger partial charge is 0.198 e. The molecule has 0 saturated heterocycles. The highest BCUT2D eigenvalue weighted by Gasteiger charge is 2.18. The van der Waals surface area contributed by atoms with Gasteiger partial charge in [-0.2, -0.15) is 0 Å². The van der Waals surface area contributed by atoms with E-state index in [4.69, 9.17) is 16.0 Å². The van der Waals surface area contributed by atoms with Crippen molar-refractivity contribution in [2.24, 2.45) is 5.92 Å². The van der Waals surface area contributed by atoms with E-state index >= 15 is 0 Å². The zero-order chi connectivity index (χ0) is 13.9. The van der Waals surface area contributed by atoms with Crippen LogP contribution in [0, 0.1) is 5.92 Å². The molecule has 0 unspecified atom stereocenters. The van der Waals surface area contributed by atoms with Gasteiger partial charge in [0, 0.05) is 11.8 Å². The van der Waals surface area contributed by atoms with Gasteiger partial charge >= 0.3 is 0 Å². The Morgan fingerprint density at radius 3 is 2.80 bits per heavy atom. The van der Waals surface area contributed by atoms with Crippen molar-refractivity contribution in [1.29, 1.82) is 0 Å². The van der Waals surface area contributed by atoms with Gasteiger partial charge in [0.1, 0.15) is 0 Å². The van der Waals surface area contributed by atoms with E-state index in [2.05, 4.69) is 0 Å². The number of carbonyl (C=O) groups excluding carboxylic acids is 1. The molecule has 2 nitrogen and oxygen atoms in total. The normalized spacial score (nSPS) is 16.6. The molecular formula is C17H19ClO2. The molecule has 1 aromatic carbocycles. The highest BCUT2D eigenvalue weighted by atomic mass is 35.5. The first-order valence-corrected chi connectivity index (χ1v) is 7.83. The lowest BCUT2D eigenvalue weighted by molar-refractivity contribution is 0.0945. The minimum absolute atomic E-state index is 0.0999. The fourth-order valence-electron chi connectivity index (χ4n) is 3.10. The van der Waals surface area contributed by atoms with Gasteiger partial charge in [-0.05, 0) is 24.5 Å². The number of rotatable bonds is 4. The largest absolute Gasteiger partial charge is 0.451 e. The summed E-state index contributed by atoms with van der Waals surface area (Å²) in [5.74, 6) is 1.27. The van der Waals surface area contributed by atoms with Crippen molar-refractivity contribution in [1.82, 2.24) is 0 Å². The Morgan fingerprint density at radius 2 is 2.05 bits per heavy atom. The van der Waals surface area contributed by atoms with Crippen LogP contribution in [0.15, 0.2) is 28.7 Å². The van der Waals surface area contributed by atoms with Crippen LogP contribution in [0.4, 0.5) is 0 Å². The van der Waals surface area contributed by atoms with Crippen LogP contribution in [-0.2, 0) is 0 Å². The molecule has 1 aromatic heterocycles. The van der Waals surface area contributed by atoms with E-state index < -0.39 is 0 Å². The summed E-state index contributed by atoms with van der Waals surface area (Å²) in [6, 6.07) is 7.38. The summed E-state index contributed by atoms with van der Waals surface area (Å²) in [6.45, 7) is 0. The highest BCUT2D eigenvalue weighted by Crippen LogP contribution is 2.30. The predicted molar refractivity (Wildman–Crippen MR) is 81.4 cm³/mol. The first-order valence-electron chi connectivity index (χ1n) is 7.45. The number of para-hydroxylation sites is 1. The maximum Gasteiger partial charge on any atom is 0.198 e. The van der Waals surface area contributed by atoms with Crippen molar-refractivity contribution in [2.45, 2.75) is 44.9 Å². The van der Waals surface area contributed by atoms with Gasteiger partial charge < -0.3 is 4.42 Å². The first-order chi connectivity index (χ1) is 9.74. The number of Topliss-reactive ketones (excluding diaryl/α,β-unsaturated/α-hetero) is 1. The number of ketones is 1. The summed E-state index contributed by atoms with van der Waals surface area (Å²) in [5.41, 5.74) is 0.621. The summed E-state index contributed by atoms with van der Waals surface area (Å²) in [4.78, 5) is 12.2. The van der Waals surface area contributed by atoms with E-state index in [1.165, 1.54) is 32.1 Å². The maximum atomic E-state index is 12.2. The maximum absolute atomic E-state index is 12.2. The monoisotopic (exact) mass is 290 g/mol. The Kier molecular flexibility index (Phi) is 4.11. The Bertz CT molecular complexity index is 608. The second-order valence-electron chi connectivity index (χ2n) is 5.73.